The summed E-state index contributed by atoms with van der Waals surface area (Å²) in [7, 11) is 0. The van der Waals surface area contributed by atoms with Gasteiger partial charge in [0.25, 0.3) is 5.69 Å². The zero-order valence-electron chi connectivity index (χ0n) is 17.7. The summed E-state index contributed by atoms with van der Waals surface area (Å²) < 4.78 is 6.22. The van der Waals surface area contributed by atoms with Crippen LogP contribution in [0, 0.1) is 16.0 Å². The minimum Gasteiger partial charge on any atom is -0.373 e. The van der Waals surface area contributed by atoms with E-state index >= 15 is 0 Å². The molecule has 1 aromatic heterocycles. The van der Waals surface area contributed by atoms with E-state index in [1.165, 1.54) is 32.1 Å². The summed E-state index contributed by atoms with van der Waals surface area (Å²) in [6.07, 6.45) is 7.47. The molecule has 1 heterocycles. The Balaban J connectivity index is 1.54. The molecule has 31 heavy (non-hydrogen) atoms. The Hall–Kier alpha value is -3.13. The van der Waals surface area contributed by atoms with Gasteiger partial charge in [0, 0.05) is 11.6 Å². The highest BCUT2D eigenvalue weighted by molar-refractivity contribution is 5.77. The highest BCUT2D eigenvalue weighted by Crippen LogP contribution is 2.34. The lowest BCUT2D eigenvalue weighted by Gasteiger charge is -2.29. The third-order valence-corrected chi connectivity index (χ3v) is 6.08. The molecule has 3 aromatic rings. The van der Waals surface area contributed by atoms with Crippen molar-refractivity contribution in [2.45, 2.75) is 58.2 Å². The SMILES string of the molecule is CCC(OCc1ccc(-c2cccc(-c3nn[nH]n3)c2)c([N+](=O)[O-])c1)C1CCCCC1. The van der Waals surface area contributed by atoms with E-state index in [0.717, 1.165) is 23.1 Å². The van der Waals surface area contributed by atoms with Gasteiger partial charge in [-0.15, -0.1) is 10.2 Å². The number of nitro groups is 1. The fourth-order valence-electron chi connectivity index (χ4n) is 4.47. The molecule has 0 aliphatic heterocycles. The first kappa shape index (κ1) is 21.1. The molecular weight excluding hydrogens is 394 g/mol. The van der Waals surface area contributed by atoms with Gasteiger partial charge in [0.05, 0.1) is 23.2 Å². The van der Waals surface area contributed by atoms with E-state index in [9.17, 15) is 10.1 Å². The lowest BCUT2D eigenvalue weighted by Crippen LogP contribution is -2.25. The molecule has 0 radical (unpaired) electrons. The normalized spacial score (nSPS) is 15.6. The molecule has 2 aromatic carbocycles. The first-order valence-corrected chi connectivity index (χ1v) is 10.9. The van der Waals surface area contributed by atoms with Gasteiger partial charge in [0.2, 0.25) is 5.82 Å². The van der Waals surface area contributed by atoms with Gasteiger partial charge in [0.15, 0.2) is 0 Å². The van der Waals surface area contributed by atoms with Crippen molar-refractivity contribution < 1.29 is 9.66 Å². The average molecular weight is 422 g/mol. The van der Waals surface area contributed by atoms with E-state index in [-0.39, 0.29) is 16.7 Å². The van der Waals surface area contributed by atoms with Gasteiger partial charge in [-0.05, 0) is 53.7 Å². The number of hydrogen-bond acceptors (Lipinski definition) is 6. The van der Waals surface area contributed by atoms with Crippen LogP contribution < -0.4 is 0 Å². The van der Waals surface area contributed by atoms with Gasteiger partial charge >= 0.3 is 0 Å². The summed E-state index contributed by atoms with van der Waals surface area (Å²) in [6, 6.07) is 12.7. The molecule has 1 aliphatic rings. The molecule has 0 amide bonds. The Bertz CT molecular complexity index is 1020. The molecule has 8 heteroatoms. The minimum absolute atomic E-state index is 0.0667. The van der Waals surface area contributed by atoms with E-state index in [1.807, 2.05) is 30.3 Å². The lowest BCUT2D eigenvalue weighted by atomic mass is 9.84. The van der Waals surface area contributed by atoms with Crippen LogP contribution in [0.2, 0.25) is 0 Å². The zero-order valence-corrected chi connectivity index (χ0v) is 17.7. The van der Waals surface area contributed by atoms with E-state index in [0.29, 0.717) is 23.9 Å². The number of nitro benzene ring substituents is 1. The molecule has 162 valence electrons. The van der Waals surface area contributed by atoms with Crippen LogP contribution in [0.25, 0.3) is 22.5 Å². The molecule has 0 spiro atoms. The van der Waals surface area contributed by atoms with E-state index in [4.69, 9.17) is 4.74 Å². The third kappa shape index (κ3) is 4.96. The maximum absolute atomic E-state index is 11.8. The summed E-state index contributed by atoms with van der Waals surface area (Å²) in [5.41, 5.74) is 2.91. The van der Waals surface area contributed by atoms with Gasteiger partial charge in [-0.25, -0.2) is 0 Å². The first-order valence-electron chi connectivity index (χ1n) is 10.9. The monoisotopic (exact) mass is 421 g/mol. The molecule has 1 N–H and O–H groups in total. The molecule has 1 atom stereocenters. The number of rotatable bonds is 8. The maximum Gasteiger partial charge on any atom is 0.277 e. The largest absolute Gasteiger partial charge is 0.373 e. The minimum atomic E-state index is -0.335. The number of H-pyrrole nitrogens is 1. The molecule has 1 fully saturated rings. The smallest absolute Gasteiger partial charge is 0.277 e. The molecule has 0 saturated heterocycles. The van der Waals surface area contributed by atoms with Gasteiger partial charge in [-0.1, -0.05) is 50.5 Å². The van der Waals surface area contributed by atoms with Crippen molar-refractivity contribution in [2.75, 3.05) is 0 Å². The van der Waals surface area contributed by atoms with Crippen molar-refractivity contribution in [3.63, 3.8) is 0 Å². The van der Waals surface area contributed by atoms with Crippen LogP contribution in [-0.2, 0) is 11.3 Å². The van der Waals surface area contributed by atoms with E-state index in [1.54, 1.807) is 12.1 Å². The fraction of sp³-hybridized carbons (Fsp3) is 0.435. The van der Waals surface area contributed by atoms with Crippen LogP contribution in [0.4, 0.5) is 5.69 Å². The van der Waals surface area contributed by atoms with Crippen LogP contribution in [-0.4, -0.2) is 31.7 Å². The van der Waals surface area contributed by atoms with Crippen molar-refractivity contribution in [2.24, 2.45) is 5.92 Å². The highest BCUT2D eigenvalue weighted by Gasteiger charge is 2.23. The highest BCUT2D eigenvalue weighted by atomic mass is 16.6. The van der Waals surface area contributed by atoms with Gasteiger partial charge in [0.1, 0.15) is 0 Å². The number of tetrazole rings is 1. The number of aromatic amines is 1. The Labute approximate surface area is 181 Å². The zero-order chi connectivity index (χ0) is 21.6. The van der Waals surface area contributed by atoms with Gasteiger partial charge < -0.3 is 4.74 Å². The number of ether oxygens (including phenoxy) is 1. The van der Waals surface area contributed by atoms with Crippen LogP contribution >= 0.6 is 0 Å². The Morgan fingerprint density at radius 2 is 1.97 bits per heavy atom. The van der Waals surface area contributed by atoms with E-state index in [2.05, 4.69) is 27.5 Å². The predicted molar refractivity (Wildman–Crippen MR) is 117 cm³/mol. The fourth-order valence-corrected chi connectivity index (χ4v) is 4.47. The summed E-state index contributed by atoms with van der Waals surface area (Å²) in [5, 5.41) is 25.8. The van der Waals surface area contributed by atoms with Crippen molar-refractivity contribution in [1.29, 1.82) is 0 Å². The van der Waals surface area contributed by atoms with Crippen LogP contribution in [0.1, 0.15) is 51.0 Å². The molecule has 4 rings (SSSR count). The maximum atomic E-state index is 11.8. The molecular formula is C23H27N5O3. The van der Waals surface area contributed by atoms with Crippen molar-refractivity contribution in [3.05, 3.63) is 58.1 Å². The second kappa shape index (κ2) is 9.78. The van der Waals surface area contributed by atoms with Crippen LogP contribution in [0.15, 0.2) is 42.5 Å². The quantitative estimate of drug-likeness (QED) is 0.390. The molecule has 1 saturated carbocycles. The Morgan fingerprint density at radius 1 is 1.16 bits per heavy atom. The van der Waals surface area contributed by atoms with Crippen LogP contribution in [0.5, 0.6) is 0 Å². The van der Waals surface area contributed by atoms with Crippen molar-refractivity contribution in [1.82, 2.24) is 20.6 Å². The third-order valence-electron chi connectivity index (χ3n) is 6.08. The van der Waals surface area contributed by atoms with E-state index < -0.39 is 0 Å². The second-order valence-corrected chi connectivity index (χ2v) is 8.08. The summed E-state index contributed by atoms with van der Waals surface area (Å²) in [5.74, 6) is 1.05. The summed E-state index contributed by atoms with van der Waals surface area (Å²) in [6.45, 7) is 2.54. The molecule has 8 nitrogen and oxygen atoms in total. The molecule has 1 unspecified atom stereocenters. The summed E-state index contributed by atoms with van der Waals surface area (Å²) >= 11 is 0. The number of benzene rings is 2. The molecule has 1 aliphatic carbocycles. The van der Waals surface area contributed by atoms with Gasteiger partial charge in [-0.3, -0.25) is 10.1 Å². The van der Waals surface area contributed by atoms with Crippen LogP contribution in [0.3, 0.4) is 0 Å². The lowest BCUT2D eigenvalue weighted by molar-refractivity contribution is -0.384. The average Bonchev–Trinajstić information content (AvgIpc) is 3.35. The molecule has 0 bridgehead atoms. The van der Waals surface area contributed by atoms with Gasteiger partial charge in [-0.2, -0.15) is 5.21 Å². The number of nitrogens with one attached hydrogen (secondary N) is 1. The Kier molecular flexibility index (Phi) is 6.66. The second-order valence-electron chi connectivity index (χ2n) is 8.08. The number of hydrogen-bond donors (Lipinski definition) is 1. The standard InChI is InChI=1S/C23H27N5O3/c1-2-22(17-7-4-3-5-8-17)31-15-16-11-12-20(21(13-16)28(29)30)18-9-6-10-19(14-18)23-24-26-27-25-23/h6,9-14,17,22H,2-5,7-8,15H2,1H3,(H,24,25,26,27). The Morgan fingerprint density at radius 3 is 2.68 bits per heavy atom. The number of nitrogens with zero attached hydrogens (tertiary/aromatic N) is 4. The van der Waals surface area contributed by atoms with Crippen molar-refractivity contribution in [3.8, 4) is 22.5 Å². The first-order chi connectivity index (χ1) is 15.2. The van der Waals surface area contributed by atoms with Crippen molar-refractivity contribution >= 4 is 5.69 Å². The topological polar surface area (TPSA) is 107 Å². The predicted octanol–water partition coefficient (Wildman–Crippen LogP) is 5.32. The number of aromatic nitrogens is 4. The summed E-state index contributed by atoms with van der Waals surface area (Å²) in [4.78, 5) is 11.5.